The Morgan fingerprint density at radius 2 is 2.30 bits per heavy atom. The van der Waals surface area contributed by atoms with Gasteiger partial charge < -0.3 is 15.5 Å². The number of nitrogens with zero attached hydrogens (tertiary/aromatic N) is 3. The van der Waals surface area contributed by atoms with E-state index in [-0.39, 0.29) is 11.9 Å². The molecule has 1 fully saturated rings. The van der Waals surface area contributed by atoms with E-state index in [1.807, 2.05) is 13.1 Å². The lowest BCUT2D eigenvalue weighted by atomic mass is 10.2. The van der Waals surface area contributed by atoms with Crippen LogP contribution in [0, 0.1) is 0 Å². The predicted octanol–water partition coefficient (Wildman–Crippen LogP) is 1.19. The van der Waals surface area contributed by atoms with E-state index in [9.17, 15) is 4.79 Å². The topological polar surface area (TPSA) is 70.2 Å². The summed E-state index contributed by atoms with van der Waals surface area (Å²) < 4.78 is 0. The Balaban J connectivity index is 2.12. The number of aryl methyl sites for hydroxylation is 1. The smallest absolute Gasteiger partial charge is 0.217 e. The highest BCUT2D eigenvalue weighted by molar-refractivity contribution is 5.73. The van der Waals surface area contributed by atoms with E-state index in [1.165, 1.54) is 0 Å². The van der Waals surface area contributed by atoms with Gasteiger partial charge in [0.2, 0.25) is 5.91 Å². The SMILES string of the molecule is CCCc1nc(NC)cc(N2CCC(NC(C)=O)C2)n1. The van der Waals surface area contributed by atoms with Crippen molar-refractivity contribution in [1.82, 2.24) is 15.3 Å². The lowest BCUT2D eigenvalue weighted by Gasteiger charge is -2.19. The number of carbonyl (C=O) groups is 1. The first kappa shape index (κ1) is 14.6. The van der Waals surface area contributed by atoms with Gasteiger partial charge in [0.25, 0.3) is 0 Å². The quantitative estimate of drug-likeness (QED) is 0.846. The Morgan fingerprint density at radius 3 is 2.95 bits per heavy atom. The van der Waals surface area contributed by atoms with Crippen molar-refractivity contribution in [2.75, 3.05) is 30.4 Å². The highest BCUT2D eigenvalue weighted by atomic mass is 16.1. The highest BCUT2D eigenvalue weighted by Crippen LogP contribution is 2.21. The number of hydrogen-bond acceptors (Lipinski definition) is 5. The van der Waals surface area contributed by atoms with Crippen molar-refractivity contribution in [3.8, 4) is 0 Å². The van der Waals surface area contributed by atoms with Crippen LogP contribution in [0.5, 0.6) is 0 Å². The molecule has 1 unspecified atom stereocenters. The second-order valence-electron chi connectivity index (χ2n) is 5.16. The van der Waals surface area contributed by atoms with E-state index < -0.39 is 0 Å². The Hall–Kier alpha value is -1.85. The first-order valence-corrected chi connectivity index (χ1v) is 7.20. The maximum absolute atomic E-state index is 11.1. The molecule has 6 nitrogen and oxygen atoms in total. The minimum absolute atomic E-state index is 0.0297. The molecule has 2 N–H and O–H groups in total. The van der Waals surface area contributed by atoms with Gasteiger partial charge in [-0.2, -0.15) is 0 Å². The Labute approximate surface area is 120 Å². The third-order valence-electron chi connectivity index (χ3n) is 3.41. The van der Waals surface area contributed by atoms with Crippen molar-refractivity contribution in [2.45, 2.75) is 39.2 Å². The van der Waals surface area contributed by atoms with Crippen LogP contribution in [0.15, 0.2) is 6.07 Å². The first-order valence-electron chi connectivity index (χ1n) is 7.20. The molecule has 2 heterocycles. The van der Waals surface area contributed by atoms with Crippen LogP contribution < -0.4 is 15.5 Å². The maximum Gasteiger partial charge on any atom is 0.217 e. The zero-order valence-corrected chi connectivity index (χ0v) is 12.4. The first-order chi connectivity index (χ1) is 9.62. The molecule has 0 saturated carbocycles. The van der Waals surface area contributed by atoms with E-state index in [0.29, 0.717) is 0 Å². The van der Waals surface area contributed by atoms with E-state index in [4.69, 9.17) is 0 Å². The Kier molecular flexibility index (Phi) is 4.76. The molecule has 6 heteroatoms. The van der Waals surface area contributed by atoms with Gasteiger partial charge in [-0.15, -0.1) is 0 Å². The van der Waals surface area contributed by atoms with Crippen LogP contribution in [0.4, 0.5) is 11.6 Å². The fraction of sp³-hybridized carbons (Fsp3) is 0.643. The lowest BCUT2D eigenvalue weighted by Crippen LogP contribution is -2.35. The van der Waals surface area contributed by atoms with Gasteiger partial charge in [-0.3, -0.25) is 4.79 Å². The second-order valence-corrected chi connectivity index (χ2v) is 5.16. The maximum atomic E-state index is 11.1. The summed E-state index contributed by atoms with van der Waals surface area (Å²) in [6.45, 7) is 5.41. The standard InChI is InChI=1S/C14H23N5O/c1-4-5-12-17-13(15-3)8-14(18-12)19-7-6-11(9-19)16-10(2)20/h8,11H,4-7,9H2,1-3H3,(H,16,20)(H,15,17,18). The monoisotopic (exact) mass is 277 g/mol. The molecule has 0 radical (unpaired) electrons. The molecular weight excluding hydrogens is 254 g/mol. The van der Waals surface area contributed by atoms with Crippen LogP contribution in [0.2, 0.25) is 0 Å². The number of hydrogen-bond donors (Lipinski definition) is 2. The van der Waals surface area contributed by atoms with Gasteiger partial charge in [0, 0.05) is 45.6 Å². The molecule has 2 rings (SSSR count). The minimum atomic E-state index is 0.0297. The number of rotatable bonds is 5. The van der Waals surface area contributed by atoms with Crippen LogP contribution in [0.1, 0.15) is 32.5 Å². The summed E-state index contributed by atoms with van der Waals surface area (Å²) in [6.07, 6.45) is 2.87. The summed E-state index contributed by atoms with van der Waals surface area (Å²) in [4.78, 5) is 22.4. The van der Waals surface area contributed by atoms with Gasteiger partial charge >= 0.3 is 0 Å². The molecule has 1 aromatic rings. The van der Waals surface area contributed by atoms with Crippen LogP contribution in [-0.4, -0.2) is 42.1 Å². The molecule has 1 atom stereocenters. The zero-order valence-electron chi connectivity index (χ0n) is 12.4. The Morgan fingerprint density at radius 1 is 1.50 bits per heavy atom. The number of amides is 1. The molecule has 20 heavy (non-hydrogen) atoms. The van der Waals surface area contributed by atoms with Gasteiger partial charge in [0.15, 0.2) is 0 Å². The third kappa shape index (κ3) is 3.59. The van der Waals surface area contributed by atoms with Crippen LogP contribution in [-0.2, 0) is 11.2 Å². The second kappa shape index (κ2) is 6.54. The van der Waals surface area contributed by atoms with Crippen molar-refractivity contribution in [3.05, 3.63) is 11.9 Å². The van der Waals surface area contributed by atoms with E-state index >= 15 is 0 Å². The van der Waals surface area contributed by atoms with Gasteiger partial charge in [-0.1, -0.05) is 6.92 Å². The molecule has 0 spiro atoms. The molecule has 1 aromatic heterocycles. The summed E-state index contributed by atoms with van der Waals surface area (Å²) in [5, 5.41) is 6.06. The lowest BCUT2D eigenvalue weighted by molar-refractivity contribution is -0.119. The highest BCUT2D eigenvalue weighted by Gasteiger charge is 2.24. The summed E-state index contributed by atoms with van der Waals surface area (Å²) in [7, 11) is 1.87. The predicted molar refractivity (Wildman–Crippen MR) is 80.0 cm³/mol. The summed E-state index contributed by atoms with van der Waals surface area (Å²) in [5.74, 6) is 2.70. The summed E-state index contributed by atoms with van der Waals surface area (Å²) in [5.41, 5.74) is 0. The van der Waals surface area contributed by atoms with Crippen LogP contribution >= 0.6 is 0 Å². The molecule has 110 valence electrons. The fourth-order valence-electron chi connectivity index (χ4n) is 2.48. The summed E-state index contributed by atoms with van der Waals surface area (Å²) >= 11 is 0. The molecule has 1 amide bonds. The van der Waals surface area contributed by atoms with E-state index in [1.54, 1.807) is 6.92 Å². The normalized spacial score (nSPS) is 18.1. The van der Waals surface area contributed by atoms with Crippen molar-refractivity contribution in [3.63, 3.8) is 0 Å². The zero-order chi connectivity index (χ0) is 14.5. The average molecular weight is 277 g/mol. The number of aromatic nitrogens is 2. The average Bonchev–Trinajstić information content (AvgIpc) is 2.86. The molecule has 1 saturated heterocycles. The van der Waals surface area contributed by atoms with Crippen molar-refractivity contribution in [1.29, 1.82) is 0 Å². The minimum Gasteiger partial charge on any atom is -0.373 e. The van der Waals surface area contributed by atoms with E-state index in [0.717, 1.165) is 49.8 Å². The van der Waals surface area contributed by atoms with Crippen molar-refractivity contribution >= 4 is 17.5 Å². The molecule has 0 aromatic carbocycles. The third-order valence-corrected chi connectivity index (χ3v) is 3.41. The Bertz CT molecular complexity index is 477. The fourth-order valence-corrected chi connectivity index (χ4v) is 2.48. The van der Waals surface area contributed by atoms with Gasteiger partial charge in [0.05, 0.1) is 0 Å². The largest absolute Gasteiger partial charge is 0.373 e. The van der Waals surface area contributed by atoms with Crippen molar-refractivity contribution < 1.29 is 4.79 Å². The van der Waals surface area contributed by atoms with Gasteiger partial charge in [-0.25, -0.2) is 9.97 Å². The number of carbonyl (C=O) groups excluding carboxylic acids is 1. The van der Waals surface area contributed by atoms with E-state index in [2.05, 4.69) is 32.4 Å². The van der Waals surface area contributed by atoms with Gasteiger partial charge in [0.1, 0.15) is 17.5 Å². The van der Waals surface area contributed by atoms with Crippen LogP contribution in [0.3, 0.4) is 0 Å². The van der Waals surface area contributed by atoms with Crippen LogP contribution in [0.25, 0.3) is 0 Å². The molecule has 0 aliphatic carbocycles. The summed E-state index contributed by atoms with van der Waals surface area (Å²) in [6, 6.07) is 2.19. The molecule has 1 aliphatic rings. The molecular formula is C14H23N5O. The number of anilines is 2. The van der Waals surface area contributed by atoms with Gasteiger partial charge in [-0.05, 0) is 12.8 Å². The van der Waals surface area contributed by atoms with Crippen molar-refractivity contribution in [2.24, 2.45) is 0 Å². The molecule has 0 bridgehead atoms. The number of nitrogens with one attached hydrogen (secondary N) is 2. The molecule has 1 aliphatic heterocycles.